The number of benzene rings is 1. The molecule has 0 aliphatic carbocycles. The molecule has 0 spiro atoms. The quantitative estimate of drug-likeness (QED) is 0.749. The summed E-state index contributed by atoms with van der Waals surface area (Å²) >= 11 is 0. The molecule has 2 aromatic rings. The summed E-state index contributed by atoms with van der Waals surface area (Å²) in [5.41, 5.74) is 1.86. The van der Waals surface area contributed by atoms with Crippen molar-refractivity contribution in [3.8, 4) is 5.75 Å². The number of nitrogens with zero attached hydrogens (tertiary/aromatic N) is 3. The van der Waals surface area contributed by atoms with Gasteiger partial charge in [0, 0.05) is 32.4 Å². The predicted octanol–water partition coefficient (Wildman–Crippen LogP) is 1.96. The van der Waals surface area contributed by atoms with Gasteiger partial charge in [0.15, 0.2) is 5.82 Å². The molecular formula is C17H23N5O3. The van der Waals surface area contributed by atoms with Crippen molar-refractivity contribution in [2.75, 3.05) is 19.0 Å². The molecule has 0 saturated carbocycles. The first-order chi connectivity index (χ1) is 12.2. The Bertz CT molecular complexity index is 731. The molecule has 8 heteroatoms. The maximum atomic E-state index is 12.1. The van der Waals surface area contributed by atoms with E-state index in [9.17, 15) is 4.79 Å². The van der Waals surface area contributed by atoms with E-state index in [1.165, 1.54) is 0 Å². The smallest absolute Gasteiger partial charge is 0.319 e. The molecule has 25 heavy (non-hydrogen) atoms. The van der Waals surface area contributed by atoms with Crippen molar-refractivity contribution in [3.05, 3.63) is 35.9 Å². The lowest BCUT2D eigenvalue weighted by atomic mass is 10.1. The fraction of sp³-hybridized carbons (Fsp3) is 0.471. The fourth-order valence-electron chi connectivity index (χ4n) is 2.82. The van der Waals surface area contributed by atoms with Crippen LogP contribution in [0.25, 0.3) is 0 Å². The van der Waals surface area contributed by atoms with Gasteiger partial charge in [-0.15, -0.1) is 10.2 Å². The lowest BCUT2D eigenvalue weighted by molar-refractivity contribution is 0.190. The van der Waals surface area contributed by atoms with Crippen LogP contribution in [-0.4, -0.2) is 40.6 Å². The van der Waals surface area contributed by atoms with Crippen molar-refractivity contribution in [1.82, 2.24) is 20.1 Å². The monoisotopic (exact) mass is 345 g/mol. The van der Waals surface area contributed by atoms with Gasteiger partial charge in [-0.25, -0.2) is 4.79 Å². The highest BCUT2D eigenvalue weighted by molar-refractivity contribution is 5.89. The van der Waals surface area contributed by atoms with Crippen molar-refractivity contribution < 1.29 is 14.3 Å². The average molecular weight is 345 g/mol. The number of hydrogen-bond donors (Lipinski definition) is 2. The minimum atomic E-state index is -0.279. The molecule has 1 atom stereocenters. The second kappa shape index (κ2) is 7.98. The normalized spacial score (nSPS) is 15.5. The van der Waals surface area contributed by atoms with Crippen molar-refractivity contribution in [2.45, 2.75) is 39.0 Å². The molecule has 0 unspecified atom stereocenters. The molecule has 3 rings (SSSR count). The summed E-state index contributed by atoms with van der Waals surface area (Å²) in [5.74, 6) is 1.60. The Labute approximate surface area is 146 Å². The van der Waals surface area contributed by atoms with E-state index >= 15 is 0 Å². The highest BCUT2D eigenvalue weighted by atomic mass is 16.5. The van der Waals surface area contributed by atoms with E-state index in [0.29, 0.717) is 19.0 Å². The van der Waals surface area contributed by atoms with Crippen LogP contribution >= 0.6 is 0 Å². The maximum absolute atomic E-state index is 12.1. The third kappa shape index (κ3) is 4.48. The second-order valence-corrected chi connectivity index (χ2v) is 6.05. The van der Waals surface area contributed by atoms with Crippen LogP contribution in [0.4, 0.5) is 10.5 Å². The molecule has 1 aliphatic heterocycles. The van der Waals surface area contributed by atoms with Crippen LogP contribution in [0.1, 0.15) is 24.7 Å². The number of urea groups is 1. The molecule has 2 heterocycles. The zero-order valence-electron chi connectivity index (χ0n) is 14.5. The van der Waals surface area contributed by atoms with Crippen LogP contribution in [0.3, 0.4) is 0 Å². The molecule has 1 aromatic heterocycles. The summed E-state index contributed by atoms with van der Waals surface area (Å²) in [7, 11) is 1.67. The van der Waals surface area contributed by atoms with Gasteiger partial charge in [0.25, 0.3) is 0 Å². The van der Waals surface area contributed by atoms with E-state index in [-0.39, 0.29) is 12.1 Å². The number of ether oxygens (including phenoxy) is 2. The number of aryl methyl sites for hydroxylation is 1. The summed E-state index contributed by atoms with van der Waals surface area (Å²) < 4.78 is 12.6. The van der Waals surface area contributed by atoms with Gasteiger partial charge in [-0.1, -0.05) is 0 Å². The molecule has 1 aliphatic rings. The molecule has 2 N–H and O–H groups in total. The van der Waals surface area contributed by atoms with Crippen LogP contribution < -0.4 is 15.4 Å². The molecule has 2 amide bonds. The predicted molar refractivity (Wildman–Crippen MR) is 92.6 cm³/mol. The van der Waals surface area contributed by atoms with Gasteiger partial charge in [-0.3, -0.25) is 0 Å². The first-order valence-corrected chi connectivity index (χ1v) is 8.36. The number of carbonyl (C=O) groups is 1. The SMILES string of the molecule is COCCCn1cnnc1CNC(=O)Nc1ccc2c(c1)C[C@@H](C)O2. The minimum absolute atomic E-state index is 0.184. The van der Waals surface area contributed by atoms with Crippen molar-refractivity contribution >= 4 is 11.7 Å². The van der Waals surface area contributed by atoms with Gasteiger partial charge in [0.1, 0.15) is 18.2 Å². The van der Waals surface area contributed by atoms with Crippen molar-refractivity contribution in [1.29, 1.82) is 0 Å². The van der Waals surface area contributed by atoms with Crippen LogP contribution in [-0.2, 0) is 24.2 Å². The summed E-state index contributed by atoms with van der Waals surface area (Å²) in [4.78, 5) is 12.1. The number of hydrogen-bond acceptors (Lipinski definition) is 5. The lowest BCUT2D eigenvalue weighted by Gasteiger charge is -2.10. The molecular weight excluding hydrogens is 322 g/mol. The zero-order valence-corrected chi connectivity index (χ0v) is 14.5. The Hall–Kier alpha value is -2.61. The fourth-order valence-corrected chi connectivity index (χ4v) is 2.82. The first-order valence-electron chi connectivity index (χ1n) is 8.36. The molecule has 8 nitrogen and oxygen atoms in total. The van der Waals surface area contributed by atoms with Crippen molar-refractivity contribution in [3.63, 3.8) is 0 Å². The second-order valence-electron chi connectivity index (χ2n) is 6.05. The molecule has 1 aromatic carbocycles. The third-order valence-electron chi connectivity index (χ3n) is 4.00. The van der Waals surface area contributed by atoms with Gasteiger partial charge in [-0.2, -0.15) is 0 Å². The van der Waals surface area contributed by atoms with Crippen LogP contribution in [0.2, 0.25) is 0 Å². The Morgan fingerprint density at radius 3 is 3.20 bits per heavy atom. The van der Waals surface area contributed by atoms with Gasteiger partial charge in [0.05, 0.1) is 6.54 Å². The van der Waals surface area contributed by atoms with Crippen LogP contribution in [0.5, 0.6) is 5.75 Å². The molecule has 0 saturated heterocycles. The summed E-state index contributed by atoms with van der Waals surface area (Å²) in [6.45, 7) is 3.77. The highest BCUT2D eigenvalue weighted by Crippen LogP contribution is 2.30. The van der Waals surface area contributed by atoms with E-state index in [1.807, 2.05) is 29.7 Å². The number of fused-ring (bicyclic) bond motifs is 1. The van der Waals surface area contributed by atoms with Gasteiger partial charge >= 0.3 is 6.03 Å². The maximum Gasteiger partial charge on any atom is 0.319 e. The molecule has 0 radical (unpaired) electrons. The Balaban J connectivity index is 1.51. The minimum Gasteiger partial charge on any atom is -0.490 e. The van der Waals surface area contributed by atoms with Crippen LogP contribution in [0, 0.1) is 0 Å². The summed E-state index contributed by atoms with van der Waals surface area (Å²) in [6.07, 6.45) is 3.57. The van der Waals surface area contributed by atoms with Gasteiger partial charge < -0.3 is 24.7 Å². The molecule has 134 valence electrons. The average Bonchev–Trinajstić information content (AvgIpc) is 3.18. The van der Waals surface area contributed by atoms with Gasteiger partial charge in [-0.05, 0) is 37.1 Å². The number of aromatic nitrogens is 3. The van der Waals surface area contributed by atoms with Crippen LogP contribution in [0.15, 0.2) is 24.5 Å². The highest BCUT2D eigenvalue weighted by Gasteiger charge is 2.19. The Kier molecular flexibility index (Phi) is 5.49. The summed E-state index contributed by atoms with van der Waals surface area (Å²) in [6, 6.07) is 5.40. The number of rotatable bonds is 7. The van der Waals surface area contributed by atoms with E-state index in [4.69, 9.17) is 9.47 Å². The van der Waals surface area contributed by atoms with Gasteiger partial charge in [0.2, 0.25) is 0 Å². The number of nitrogens with one attached hydrogen (secondary N) is 2. The summed E-state index contributed by atoms with van der Waals surface area (Å²) in [5, 5.41) is 13.6. The number of amides is 2. The lowest BCUT2D eigenvalue weighted by Crippen LogP contribution is -2.29. The standard InChI is InChI=1S/C17H23N5O3/c1-12-8-13-9-14(4-5-15(13)25-12)20-17(23)18-10-16-21-19-11-22(16)6-3-7-24-2/h4-5,9,11-12H,3,6-8,10H2,1-2H3,(H2,18,20,23)/t12-/m1/s1. The first kappa shape index (κ1) is 17.2. The number of anilines is 1. The van der Waals surface area contributed by atoms with E-state index in [1.54, 1.807) is 13.4 Å². The van der Waals surface area contributed by atoms with E-state index in [2.05, 4.69) is 20.8 Å². The topological polar surface area (TPSA) is 90.3 Å². The Morgan fingerprint density at radius 1 is 1.48 bits per heavy atom. The molecule has 0 bridgehead atoms. The zero-order chi connectivity index (χ0) is 17.6. The molecule has 0 fully saturated rings. The van der Waals surface area contributed by atoms with E-state index < -0.39 is 0 Å². The third-order valence-corrected chi connectivity index (χ3v) is 4.00. The van der Waals surface area contributed by atoms with E-state index in [0.717, 1.165) is 36.4 Å². The number of methoxy groups -OCH3 is 1. The van der Waals surface area contributed by atoms with Crippen molar-refractivity contribution in [2.24, 2.45) is 0 Å². The number of carbonyl (C=O) groups excluding carboxylic acids is 1. The Morgan fingerprint density at radius 2 is 2.36 bits per heavy atom. The largest absolute Gasteiger partial charge is 0.490 e.